The normalized spacial score (nSPS) is 22.2. The summed E-state index contributed by atoms with van der Waals surface area (Å²) in [5.74, 6) is 0.763. The van der Waals surface area contributed by atoms with Gasteiger partial charge in [-0.3, -0.25) is 0 Å². The molecule has 1 unspecified atom stereocenters. The number of nitrogens with zero attached hydrogens (tertiary/aromatic N) is 1. The topological polar surface area (TPSA) is 14.1 Å². The number of rotatable bonds is 0. The molecule has 0 aromatic heterocycles. The third-order valence-corrected chi connectivity index (χ3v) is 3.44. The Kier molecular flexibility index (Phi) is 3.24. The summed E-state index contributed by atoms with van der Waals surface area (Å²) < 4.78 is 0. The molecule has 3 rings (SSSR count). The summed E-state index contributed by atoms with van der Waals surface area (Å²) in [6, 6.07) is 4.42. The number of benzene rings is 1. The maximum absolute atomic E-state index is 4.59. The van der Waals surface area contributed by atoms with Crippen LogP contribution in [0.25, 0.3) is 5.32 Å². The summed E-state index contributed by atoms with van der Waals surface area (Å²) in [4.78, 5) is 0. The molecular weight excluding hydrogens is 385 g/mol. The van der Waals surface area contributed by atoms with E-state index in [1.165, 1.54) is 30.5 Å². The van der Waals surface area contributed by atoms with Gasteiger partial charge >= 0.3 is 0 Å². The molecular formula is C12H14AcN-. The van der Waals surface area contributed by atoms with Crippen molar-refractivity contribution in [3.63, 3.8) is 0 Å². The summed E-state index contributed by atoms with van der Waals surface area (Å²) in [7, 11) is 0. The zero-order chi connectivity index (χ0) is 8.84. The van der Waals surface area contributed by atoms with Crippen molar-refractivity contribution in [2.75, 3.05) is 6.54 Å². The van der Waals surface area contributed by atoms with Crippen LogP contribution in [0, 0.1) is 51.0 Å². The SMILES string of the molecule is Cc1ccc2c3c1CCCC3C[N-]2.[Ac]. The Bertz CT molecular complexity index is 360. The first-order chi connectivity index (χ1) is 6.36. The van der Waals surface area contributed by atoms with Gasteiger partial charge in [0.1, 0.15) is 0 Å². The summed E-state index contributed by atoms with van der Waals surface area (Å²) in [5.41, 5.74) is 5.95. The molecule has 0 spiro atoms. The van der Waals surface area contributed by atoms with Crippen LogP contribution >= 0.6 is 0 Å². The summed E-state index contributed by atoms with van der Waals surface area (Å²) in [5, 5.41) is 4.59. The molecule has 1 aromatic rings. The van der Waals surface area contributed by atoms with Crippen LogP contribution in [0.2, 0.25) is 0 Å². The smallest absolute Gasteiger partial charge is 0 e. The van der Waals surface area contributed by atoms with Crippen molar-refractivity contribution in [3.8, 4) is 0 Å². The minimum atomic E-state index is 0. The molecule has 1 nitrogen and oxygen atoms in total. The fourth-order valence-corrected chi connectivity index (χ4v) is 2.75. The van der Waals surface area contributed by atoms with Crippen molar-refractivity contribution in [3.05, 3.63) is 34.1 Å². The quantitative estimate of drug-likeness (QED) is 0.635. The van der Waals surface area contributed by atoms with Crippen molar-refractivity contribution >= 4 is 5.69 Å². The monoisotopic (exact) mass is 399 g/mol. The average Bonchev–Trinajstić information content (AvgIpc) is 2.57. The molecule has 1 aliphatic heterocycles. The van der Waals surface area contributed by atoms with Gasteiger partial charge in [-0.25, -0.2) is 0 Å². The molecule has 0 saturated carbocycles. The van der Waals surface area contributed by atoms with E-state index in [0.29, 0.717) is 0 Å². The fourth-order valence-electron chi connectivity index (χ4n) is 2.75. The Balaban J connectivity index is 0.000000750. The second kappa shape index (κ2) is 4.14. The number of hydrogen-bond acceptors (Lipinski definition) is 0. The van der Waals surface area contributed by atoms with Crippen molar-refractivity contribution in [2.45, 2.75) is 32.1 Å². The second-order valence-corrected chi connectivity index (χ2v) is 4.22. The van der Waals surface area contributed by atoms with Gasteiger partial charge in [-0.1, -0.05) is 17.7 Å². The summed E-state index contributed by atoms with van der Waals surface area (Å²) in [6.07, 6.45) is 3.99. The van der Waals surface area contributed by atoms with E-state index < -0.39 is 0 Å². The largest absolute Gasteiger partial charge is 0.684 e. The van der Waals surface area contributed by atoms with Gasteiger partial charge in [-0.15, -0.1) is 12.2 Å². The standard InChI is InChI=1S/C12H14N.Ac/c1-8-5-6-11-12-9(7-13-11)3-2-4-10(8)12;/h5-6,9H,2-4,7H2,1H3;/q-1;. The maximum Gasteiger partial charge on any atom is 0 e. The molecule has 71 valence electrons. The molecule has 0 amide bonds. The van der Waals surface area contributed by atoms with E-state index in [1.54, 1.807) is 11.1 Å². The van der Waals surface area contributed by atoms with Gasteiger partial charge in [0.15, 0.2) is 0 Å². The van der Waals surface area contributed by atoms with Gasteiger partial charge in [-0.2, -0.15) is 0 Å². The van der Waals surface area contributed by atoms with Crippen molar-refractivity contribution in [1.82, 2.24) is 0 Å². The van der Waals surface area contributed by atoms with Gasteiger partial charge in [0, 0.05) is 44.1 Å². The van der Waals surface area contributed by atoms with Gasteiger partial charge in [0.2, 0.25) is 0 Å². The zero-order valence-corrected chi connectivity index (χ0v) is 13.3. The Hall–Kier alpha value is 0.462. The third kappa shape index (κ3) is 1.55. The predicted molar refractivity (Wildman–Crippen MR) is 54.7 cm³/mol. The Morgan fingerprint density at radius 1 is 1.36 bits per heavy atom. The van der Waals surface area contributed by atoms with Crippen LogP contribution in [0.1, 0.15) is 35.4 Å². The molecule has 0 fully saturated rings. The summed E-state index contributed by atoms with van der Waals surface area (Å²) in [6.45, 7) is 3.28. The molecule has 2 heteroatoms. The van der Waals surface area contributed by atoms with Crippen LogP contribution in [0.4, 0.5) is 5.69 Å². The van der Waals surface area contributed by atoms with E-state index in [4.69, 9.17) is 0 Å². The van der Waals surface area contributed by atoms with E-state index in [2.05, 4.69) is 24.4 Å². The molecule has 2 aliphatic rings. The molecule has 1 aromatic carbocycles. The van der Waals surface area contributed by atoms with Crippen LogP contribution in [-0.4, -0.2) is 6.54 Å². The van der Waals surface area contributed by atoms with Gasteiger partial charge < -0.3 is 5.32 Å². The second-order valence-electron chi connectivity index (χ2n) is 4.22. The van der Waals surface area contributed by atoms with E-state index in [9.17, 15) is 0 Å². The first-order valence-corrected chi connectivity index (χ1v) is 5.16. The molecule has 1 atom stereocenters. The molecule has 1 heterocycles. The van der Waals surface area contributed by atoms with Crippen LogP contribution in [0.3, 0.4) is 0 Å². The van der Waals surface area contributed by atoms with Crippen molar-refractivity contribution in [1.29, 1.82) is 0 Å². The van der Waals surface area contributed by atoms with E-state index in [-0.39, 0.29) is 44.1 Å². The van der Waals surface area contributed by atoms with Crippen molar-refractivity contribution in [2.24, 2.45) is 0 Å². The van der Waals surface area contributed by atoms with Gasteiger partial charge in [0.25, 0.3) is 0 Å². The average molecular weight is 399 g/mol. The Labute approximate surface area is 121 Å². The minimum absolute atomic E-state index is 0. The molecule has 1 aliphatic carbocycles. The number of aryl methyl sites for hydroxylation is 1. The molecule has 1 radical (unpaired) electrons. The van der Waals surface area contributed by atoms with Crippen LogP contribution < -0.4 is 0 Å². The maximum atomic E-state index is 4.59. The molecule has 14 heavy (non-hydrogen) atoms. The van der Waals surface area contributed by atoms with Gasteiger partial charge in [0.05, 0.1) is 0 Å². The first kappa shape index (κ1) is 11.0. The van der Waals surface area contributed by atoms with Crippen LogP contribution in [-0.2, 0) is 6.42 Å². The summed E-state index contributed by atoms with van der Waals surface area (Å²) >= 11 is 0. The molecule has 0 saturated heterocycles. The van der Waals surface area contributed by atoms with Crippen LogP contribution in [0.5, 0.6) is 0 Å². The van der Waals surface area contributed by atoms with E-state index in [0.717, 1.165) is 12.5 Å². The molecule has 0 N–H and O–H groups in total. The van der Waals surface area contributed by atoms with E-state index >= 15 is 0 Å². The van der Waals surface area contributed by atoms with Crippen LogP contribution in [0.15, 0.2) is 12.1 Å². The first-order valence-electron chi connectivity index (χ1n) is 5.16. The minimum Gasteiger partial charge on any atom is -0.684 e. The zero-order valence-electron chi connectivity index (χ0n) is 8.59. The number of hydrogen-bond donors (Lipinski definition) is 0. The Morgan fingerprint density at radius 3 is 3.07 bits per heavy atom. The Morgan fingerprint density at radius 2 is 2.21 bits per heavy atom. The van der Waals surface area contributed by atoms with Crippen molar-refractivity contribution < 1.29 is 44.1 Å². The van der Waals surface area contributed by atoms with E-state index in [1.807, 2.05) is 0 Å². The fraction of sp³-hybridized carbons (Fsp3) is 0.500. The van der Waals surface area contributed by atoms with Gasteiger partial charge in [-0.05, 0) is 43.2 Å². The predicted octanol–water partition coefficient (Wildman–Crippen LogP) is 3.43. The third-order valence-electron chi connectivity index (χ3n) is 3.44. The molecule has 0 bridgehead atoms.